The first-order chi connectivity index (χ1) is 22.2. The molecule has 14 heteroatoms. The van der Waals surface area contributed by atoms with E-state index in [1.807, 2.05) is 6.08 Å². The van der Waals surface area contributed by atoms with Gasteiger partial charge in [0.05, 0.1) is 33.8 Å². The zero-order valence-corrected chi connectivity index (χ0v) is 26.0. The van der Waals surface area contributed by atoms with Gasteiger partial charge in [0.25, 0.3) is 11.8 Å². The third-order valence-corrected chi connectivity index (χ3v) is 10.5. The summed E-state index contributed by atoms with van der Waals surface area (Å²) in [5.41, 5.74) is 1.37. The second kappa shape index (κ2) is 10.8. The van der Waals surface area contributed by atoms with E-state index in [0.29, 0.717) is 34.0 Å². The predicted molar refractivity (Wildman–Crippen MR) is 163 cm³/mol. The summed E-state index contributed by atoms with van der Waals surface area (Å²) in [4.78, 5) is 60.9. The van der Waals surface area contributed by atoms with Crippen molar-refractivity contribution in [1.29, 1.82) is 0 Å². The minimum Gasteiger partial charge on any atom is -0.508 e. The molecular formula is C33H25Cl2F3N4O5. The Morgan fingerprint density at radius 3 is 2.36 bits per heavy atom. The number of benzene rings is 2. The van der Waals surface area contributed by atoms with Crippen LogP contribution in [0.3, 0.4) is 0 Å². The Hall–Kier alpha value is -4.42. The van der Waals surface area contributed by atoms with Gasteiger partial charge in [-0.1, -0.05) is 59.1 Å². The number of anilines is 1. The number of phenols is 1. The van der Waals surface area contributed by atoms with Gasteiger partial charge in [-0.25, -0.2) is 4.98 Å². The van der Waals surface area contributed by atoms with Crippen LogP contribution in [0.4, 0.5) is 19.0 Å². The summed E-state index contributed by atoms with van der Waals surface area (Å²) < 4.78 is 40.0. The smallest absolute Gasteiger partial charge is 0.417 e. The Morgan fingerprint density at radius 1 is 0.979 bits per heavy atom. The number of amides is 4. The number of likely N-dealkylation sites (tertiary alicyclic amines) is 1. The third kappa shape index (κ3) is 4.56. The van der Waals surface area contributed by atoms with Gasteiger partial charge in [0, 0.05) is 24.2 Å². The second-order valence-electron chi connectivity index (χ2n) is 12.2. The molecule has 0 bridgehead atoms. The lowest BCUT2D eigenvalue weighted by Crippen LogP contribution is -2.53. The van der Waals surface area contributed by atoms with Crippen LogP contribution in [0.5, 0.6) is 5.75 Å². The summed E-state index contributed by atoms with van der Waals surface area (Å²) in [5, 5.41) is 11.2. The molecule has 47 heavy (non-hydrogen) atoms. The Morgan fingerprint density at radius 2 is 1.70 bits per heavy atom. The molecule has 4 amide bonds. The monoisotopic (exact) mass is 684 g/mol. The number of aromatic nitrogens is 1. The number of hydrazine groups is 1. The molecule has 9 nitrogen and oxygen atoms in total. The number of fused-ring (bicyclic) bond motifs is 4. The average molecular weight is 685 g/mol. The summed E-state index contributed by atoms with van der Waals surface area (Å²) >= 11 is 12.4. The summed E-state index contributed by atoms with van der Waals surface area (Å²) in [6.45, 7) is 0. The fourth-order valence-corrected chi connectivity index (χ4v) is 8.35. The van der Waals surface area contributed by atoms with Crippen molar-refractivity contribution in [1.82, 2.24) is 14.9 Å². The van der Waals surface area contributed by atoms with E-state index in [-0.39, 0.29) is 36.2 Å². The van der Waals surface area contributed by atoms with Gasteiger partial charge in [0.15, 0.2) is 5.82 Å². The van der Waals surface area contributed by atoms with E-state index in [1.54, 1.807) is 36.4 Å². The maximum absolute atomic E-state index is 15.0. The fraction of sp³-hybridized carbons (Fsp3) is 0.303. The topological polar surface area (TPSA) is 120 Å². The van der Waals surface area contributed by atoms with Crippen molar-refractivity contribution in [3.8, 4) is 5.75 Å². The van der Waals surface area contributed by atoms with Crippen molar-refractivity contribution >= 4 is 52.6 Å². The number of allylic oxidation sites excluding steroid dienone is 2. The maximum Gasteiger partial charge on any atom is 0.417 e. The lowest BCUT2D eigenvalue weighted by Gasteiger charge is -2.50. The Kier molecular flexibility index (Phi) is 7.18. The molecule has 7 rings (SSSR count). The van der Waals surface area contributed by atoms with Gasteiger partial charge in [-0.3, -0.25) is 29.5 Å². The SMILES string of the molecule is CN1C(=O)[C@H]2[C@H](CC=C3[C@H]2C[C@H]2C(=O)N(Nc4ncc(C(F)(F)F)cc4Cl)C(=O)[C@@]2(c2ccc(Cl)cc2)[C@H]3c2cccc(O)c2)C1=O. The number of rotatable bonds is 4. The van der Waals surface area contributed by atoms with Gasteiger partial charge in [-0.05, 0) is 60.2 Å². The number of nitrogens with zero attached hydrogens (tertiary/aromatic N) is 3. The van der Waals surface area contributed by atoms with Crippen molar-refractivity contribution in [3.05, 3.63) is 99.2 Å². The van der Waals surface area contributed by atoms with E-state index >= 15 is 0 Å². The molecule has 3 heterocycles. The Labute approximate surface area is 275 Å². The first kappa shape index (κ1) is 31.2. The van der Waals surface area contributed by atoms with E-state index in [2.05, 4.69) is 10.4 Å². The van der Waals surface area contributed by atoms with Crippen molar-refractivity contribution in [2.75, 3.05) is 12.5 Å². The molecule has 0 radical (unpaired) electrons. The molecule has 3 aromatic rings. The van der Waals surface area contributed by atoms with Crippen molar-refractivity contribution in [2.24, 2.45) is 23.7 Å². The first-order valence-electron chi connectivity index (χ1n) is 14.7. The number of nitrogens with one attached hydrogen (secondary N) is 1. The highest BCUT2D eigenvalue weighted by Gasteiger charge is 2.70. The minimum atomic E-state index is -4.73. The van der Waals surface area contributed by atoms with E-state index in [1.165, 1.54) is 19.2 Å². The zero-order valence-electron chi connectivity index (χ0n) is 24.5. The minimum absolute atomic E-state index is 0.00866. The number of imide groups is 2. The number of hydrogen-bond donors (Lipinski definition) is 2. The van der Waals surface area contributed by atoms with Crippen LogP contribution in [0.25, 0.3) is 0 Å². The van der Waals surface area contributed by atoms with Gasteiger partial charge in [0.1, 0.15) is 5.75 Å². The molecular weight excluding hydrogens is 660 g/mol. The molecule has 3 fully saturated rings. The third-order valence-electron chi connectivity index (χ3n) is 9.98. The lowest BCUT2D eigenvalue weighted by molar-refractivity contribution is -0.140. The van der Waals surface area contributed by atoms with E-state index in [0.717, 1.165) is 9.91 Å². The molecule has 2 aliphatic carbocycles. The average Bonchev–Trinajstić information content (AvgIpc) is 3.38. The van der Waals surface area contributed by atoms with E-state index in [9.17, 15) is 37.5 Å². The summed E-state index contributed by atoms with van der Waals surface area (Å²) in [7, 11) is 1.42. The van der Waals surface area contributed by atoms with Crippen LogP contribution < -0.4 is 5.43 Å². The first-order valence-corrected chi connectivity index (χ1v) is 15.4. The standard InChI is InChI=1S/C33H25Cl2F3N4O5/c1-41-28(44)21-10-9-20-22(25(21)30(41)46)13-23-29(45)42(40-27-24(35)12-17(14-39-27)33(36,37)38)31(47)32(23,16-5-7-18(34)8-6-16)26(20)15-3-2-4-19(43)11-15/h2-9,11-12,14,21-23,25-26,43H,10,13H2,1H3,(H,39,40)/t21-,22+,23-,25-,26-,32+/m0/s1. The van der Waals surface area contributed by atoms with Gasteiger partial charge < -0.3 is 5.11 Å². The second-order valence-corrected chi connectivity index (χ2v) is 13.1. The quantitative estimate of drug-likeness (QED) is 0.266. The van der Waals surface area contributed by atoms with Crippen molar-refractivity contribution in [2.45, 2.75) is 30.4 Å². The molecule has 6 atom stereocenters. The van der Waals surface area contributed by atoms with Gasteiger partial charge in [-0.15, -0.1) is 0 Å². The van der Waals surface area contributed by atoms with Gasteiger partial charge >= 0.3 is 6.18 Å². The zero-order chi connectivity index (χ0) is 33.6. The molecule has 242 valence electrons. The van der Waals surface area contributed by atoms with Gasteiger partial charge in [-0.2, -0.15) is 18.2 Å². The molecule has 0 spiro atoms. The highest BCUT2D eigenvalue weighted by molar-refractivity contribution is 6.33. The lowest BCUT2D eigenvalue weighted by atomic mass is 9.49. The normalized spacial score (nSPS) is 28.6. The van der Waals surface area contributed by atoms with Crippen molar-refractivity contribution in [3.63, 3.8) is 0 Å². The molecule has 2 saturated heterocycles. The molecule has 0 unspecified atom stereocenters. The number of alkyl halides is 3. The summed E-state index contributed by atoms with van der Waals surface area (Å²) in [6, 6.07) is 13.3. The highest BCUT2D eigenvalue weighted by Crippen LogP contribution is 2.64. The number of phenolic OH excluding ortho intramolecular Hbond substituents is 1. The van der Waals surface area contributed by atoms with Crippen LogP contribution in [0.1, 0.15) is 35.4 Å². The molecule has 4 aliphatic rings. The molecule has 2 aliphatic heterocycles. The highest BCUT2D eigenvalue weighted by atomic mass is 35.5. The van der Waals surface area contributed by atoms with Gasteiger partial charge in [0.2, 0.25) is 11.8 Å². The number of carbonyl (C=O) groups excluding carboxylic acids is 4. The van der Waals surface area contributed by atoms with Crippen LogP contribution in [0.2, 0.25) is 10.0 Å². The molecule has 2 N–H and O–H groups in total. The predicted octanol–water partition coefficient (Wildman–Crippen LogP) is 5.73. The van der Waals surface area contributed by atoms with Crippen LogP contribution in [0, 0.1) is 23.7 Å². The number of carbonyl (C=O) groups is 4. The van der Waals surface area contributed by atoms with E-state index < -0.39 is 63.6 Å². The number of pyridine rings is 1. The van der Waals surface area contributed by atoms with Crippen LogP contribution in [0.15, 0.2) is 72.4 Å². The van der Waals surface area contributed by atoms with Crippen molar-refractivity contribution < 1.29 is 37.5 Å². The largest absolute Gasteiger partial charge is 0.508 e. The Bertz CT molecular complexity index is 1900. The Balaban J connectivity index is 1.44. The number of aromatic hydroxyl groups is 1. The summed E-state index contributed by atoms with van der Waals surface area (Å²) in [6.07, 6.45) is -2.09. The fourth-order valence-electron chi connectivity index (χ4n) is 8.02. The van der Waals surface area contributed by atoms with Crippen LogP contribution in [-0.2, 0) is 30.8 Å². The van der Waals surface area contributed by atoms with E-state index in [4.69, 9.17) is 23.2 Å². The van der Waals surface area contributed by atoms with Crippen LogP contribution in [-0.4, -0.2) is 50.7 Å². The maximum atomic E-state index is 15.0. The number of halogens is 5. The van der Waals surface area contributed by atoms with Crippen LogP contribution >= 0.6 is 23.2 Å². The molecule has 2 aromatic carbocycles. The molecule has 1 saturated carbocycles. The summed E-state index contributed by atoms with van der Waals surface area (Å²) in [5.74, 6) is -6.67. The molecule has 1 aromatic heterocycles. The number of hydrogen-bond acceptors (Lipinski definition) is 7.